The van der Waals surface area contributed by atoms with Crippen LogP contribution in [0.1, 0.15) is 52.0 Å². The van der Waals surface area contributed by atoms with Gasteiger partial charge in [0, 0.05) is 19.8 Å². The molecule has 0 unspecified atom stereocenters. The summed E-state index contributed by atoms with van der Waals surface area (Å²) in [5.74, 6) is -7.31. The molecular formula is C27H37ClN4O9. The number of carbonyl (C=O) groups excluding carboxylic acids is 5. The molecule has 226 valence electrons. The number of hydrogen-bond acceptors (Lipinski definition) is 7. The normalized spacial score (nSPS) is 14.3. The second-order valence-electron chi connectivity index (χ2n) is 9.57. The first-order valence-electron chi connectivity index (χ1n) is 13.0. The Morgan fingerprint density at radius 2 is 1.39 bits per heavy atom. The van der Waals surface area contributed by atoms with Crippen molar-refractivity contribution in [3.05, 3.63) is 35.9 Å². The molecule has 0 aliphatic carbocycles. The SMILES string of the molecule is CC[C@H](C)[C@H](NC(=O)[C@H](CCC(=O)O)NC(=O)[C@H](Cc1ccccc1)NC(C)=O)C(=O)N[C@@H](CC(=O)O)C(=O)CCl. The topological polar surface area (TPSA) is 208 Å². The lowest BCUT2D eigenvalue weighted by Crippen LogP contribution is -2.59. The number of rotatable bonds is 18. The zero-order valence-corrected chi connectivity index (χ0v) is 23.9. The minimum absolute atomic E-state index is 0.0942. The number of benzene rings is 1. The fraction of sp³-hybridized carbons (Fsp3) is 0.519. The van der Waals surface area contributed by atoms with Crippen LogP contribution in [0.2, 0.25) is 0 Å². The van der Waals surface area contributed by atoms with Crippen LogP contribution in [-0.2, 0) is 40.0 Å². The van der Waals surface area contributed by atoms with E-state index in [4.69, 9.17) is 16.7 Å². The average Bonchev–Trinajstić information content (AvgIpc) is 2.91. The first kappa shape index (κ1) is 35.0. The van der Waals surface area contributed by atoms with Crippen LogP contribution in [0.4, 0.5) is 0 Å². The quantitative estimate of drug-likeness (QED) is 0.129. The van der Waals surface area contributed by atoms with Gasteiger partial charge in [0.2, 0.25) is 23.6 Å². The summed E-state index contributed by atoms with van der Waals surface area (Å²) in [5, 5.41) is 28.1. The Balaban J connectivity index is 3.19. The Kier molecular flexibility index (Phi) is 15.1. The van der Waals surface area contributed by atoms with Gasteiger partial charge >= 0.3 is 11.9 Å². The summed E-state index contributed by atoms with van der Waals surface area (Å²) in [5.41, 5.74) is 0.726. The summed E-state index contributed by atoms with van der Waals surface area (Å²) in [6, 6.07) is 3.61. The van der Waals surface area contributed by atoms with E-state index in [2.05, 4.69) is 21.3 Å². The summed E-state index contributed by atoms with van der Waals surface area (Å²) in [4.78, 5) is 85.9. The second-order valence-corrected chi connectivity index (χ2v) is 9.83. The van der Waals surface area contributed by atoms with E-state index in [-0.39, 0.29) is 12.8 Å². The van der Waals surface area contributed by atoms with Crippen molar-refractivity contribution >= 4 is 53.0 Å². The largest absolute Gasteiger partial charge is 0.481 e. The summed E-state index contributed by atoms with van der Waals surface area (Å²) in [7, 11) is 0. The predicted octanol–water partition coefficient (Wildman–Crippen LogP) is 0.382. The summed E-state index contributed by atoms with van der Waals surface area (Å²) >= 11 is 5.55. The van der Waals surface area contributed by atoms with Crippen LogP contribution in [0.25, 0.3) is 0 Å². The molecule has 0 fully saturated rings. The highest BCUT2D eigenvalue weighted by Gasteiger charge is 2.34. The van der Waals surface area contributed by atoms with Crippen molar-refractivity contribution < 1.29 is 43.8 Å². The standard InChI is InChI=1S/C27H37ClN4O9/c1-4-15(2)24(27(41)31-19(13-23(37)38)21(34)14-28)32-25(39)18(10-11-22(35)36)30-26(40)20(29-16(3)33)12-17-8-6-5-7-9-17/h5-9,15,18-20,24H,4,10-14H2,1-3H3,(H,29,33)(H,30,40)(H,31,41)(H,32,39)(H,35,36)(H,37,38)/t15-,18-,19-,20-,24-/m0/s1. The lowest BCUT2D eigenvalue weighted by atomic mass is 9.96. The van der Waals surface area contributed by atoms with Crippen molar-refractivity contribution in [3.8, 4) is 0 Å². The summed E-state index contributed by atoms with van der Waals surface area (Å²) in [6.07, 6.45) is -1.06. The van der Waals surface area contributed by atoms with Gasteiger partial charge in [-0.1, -0.05) is 50.6 Å². The van der Waals surface area contributed by atoms with Gasteiger partial charge in [0.05, 0.1) is 18.3 Å². The molecule has 0 spiro atoms. The van der Waals surface area contributed by atoms with Crippen molar-refractivity contribution in [1.29, 1.82) is 0 Å². The van der Waals surface area contributed by atoms with Crippen molar-refractivity contribution in [2.45, 2.75) is 77.0 Å². The van der Waals surface area contributed by atoms with Crippen LogP contribution in [-0.4, -0.2) is 81.6 Å². The number of halogens is 1. The number of Topliss-reactive ketones (excluding diaryl/α,β-unsaturated/α-hetero) is 1. The molecule has 0 bridgehead atoms. The number of alkyl halides is 1. The zero-order valence-electron chi connectivity index (χ0n) is 23.1. The molecule has 13 nitrogen and oxygen atoms in total. The molecule has 0 saturated heterocycles. The Morgan fingerprint density at radius 3 is 1.90 bits per heavy atom. The third-order valence-electron chi connectivity index (χ3n) is 6.27. The predicted molar refractivity (Wildman–Crippen MR) is 148 cm³/mol. The monoisotopic (exact) mass is 596 g/mol. The maximum Gasteiger partial charge on any atom is 0.305 e. The number of hydrogen-bond donors (Lipinski definition) is 6. The minimum Gasteiger partial charge on any atom is -0.481 e. The number of aliphatic carboxylic acids is 2. The van der Waals surface area contributed by atoms with Crippen LogP contribution in [0.5, 0.6) is 0 Å². The number of nitrogens with one attached hydrogen (secondary N) is 4. The maximum atomic E-state index is 13.3. The fourth-order valence-corrected chi connectivity index (χ4v) is 4.03. The zero-order chi connectivity index (χ0) is 31.1. The third kappa shape index (κ3) is 12.8. The van der Waals surface area contributed by atoms with Crippen molar-refractivity contribution in [3.63, 3.8) is 0 Å². The Bertz CT molecular complexity index is 1100. The molecule has 5 atom stereocenters. The lowest BCUT2D eigenvalue weighted by molar-refractivity contribution is -0.141. The summed E-state index contributed by atoms with van der Waals surface area (Å²) in [6.45, 7) is 4.60. The molecule has 0 aliphatic heterocycles. The molecule has 1 rings (SSSR count). The van der Waals surface area contributed by atoms with Crippen molar-refractivity contribution in [2.75, 3.05) is 5.88 Å². The van der Waals surface area contributed by atoms with Gasteiger partial charge in [0.15, 0.2) is 5.78 Å². The Hall–Kier alpha value is -4.00. The highest BCUT2D eigenvalue weighted by molar-refractivity contribution is 6.28. The van der Waals surface area contributed by atoms with E-state index in [9.17, 15) is 38.7 Å². The smallest absolute Gasteiger partial charge is 0.305 e. The van der Waals surface area contributed by atoms with E-state index in [1.165, 1.54) is 6.92 Å². The molecule has 14 heteroatoms. The van der Waals surface area contributed by atoms with Gasteiger partial charge in [-0.2, -0.15) is 0 Å². The molecule has 0 aromatic heterocycles. The average molecular weight is 597 g/mol. The van der Waals surface area contributed by atoms with E-state index in [0.29, 0.717) is 6.42 Å². The Morgan fingerprint density at radius 1 is 0.805 bits per heavy atom. The maximum absolute atomic E-state index is 13.3. The molecule has 41 heavy (non-hydrogen) atoms. The molecule has 6 N–H and O–H groups in total. The fourth-order valence-electron chi connectivity index (χ4n) is 3.84. The number of carbonyl (C=O) groups is 7. The number of carboxylic acids is 2. The molecule has 0 aliphatic rings. The molecule has 0 heterocycles. The second kappa shape index (κ2) is 17.6. The Labute approximate surface area is 242 Å². The van der Waals surface area contributed by atoms with Gasteiger partial charge < -0.3 is 31.5 Å². The number of amides is 4. The van der Waals surface area contributed by atoms with Gasteiger partial charge in [-0.3, -0.25) is 33.6 Å². The van der Waals surface area contributed by atoms with Crippen LogP contribution < -0.4 is 21.3 Å². The van der Waals surface area contributed by atoms with Crippen molar-refractivity contribution in [2.24, 2.45) is 5.92 Å². The van der Waals surface area contributed by atoms with Crippen LogP contribution in [0.15, 0.2) is 30.3 Å². The third-order valence-corrected chi connectivity index (χ3v) is 6.53. The van der Waals surface area contributed by atoms with E-state index in [0.717, 1.165) is 5.56 Å². The van der Waals surface area contributed by atoms with E-state index < -0.39 is 90.2 Å². The van der Waals surface area contributed by atoms with E-state index >= 15 is 0 Å². The van der Waals surface area contributed by atoms with Crippen molar-refractivity contribution in [1.82, 2.24) is 21.3 Å². The first-order valence-corrected chi connectivity index (χ1v) is 13.6. The summed E-state index contributed by atoms with van der Waals surface area (Å²) < 4.78 is 0. The van der Waals surface area contributed by atoms with Gasteiger partial charge in [0.1, 0.15) is 18.1 Å². The minimum atomic E-state index is -1.43. The molecule has 0 radical (unpaired) electrons. The molecule has 1 aromatic carbocycles. The first-order chi connectivity index (χ1) is 19.3. The van der Waals surface area contributed by atoms with Crippen LogP contribution in [0, 0.1) is 5.92 Å². The van der Waals surface area contributed by atoms with Crippen LogP contribution in [0.3, 0.4) is 0 Å². The van der Waals surface area contributed by atoms with E-state index in [1.807, 2.05) is 0 Å². The molecule has 4 amide bonds. The molecule has 1 aromatic rings. The highest BCUT2D eigenvalue weighted by Crippen LogP contribution is 2.11. The van der Waals surface area contributed by atoms with Gasteiger partial charge in [-0.15, -0.1) is 11.6 Å². The van der Waals surface area contributed by atoms with Gasteiger partial charge in [-0.25, -0.2) is 0 Å². The molecular weight excluding hydrogens is 560 g/mol. The molecule has 0 saturated carbocycles. The number of ketones is 1. The van der Waals surface area contributed by atoms with Gasteiger partial charge in [-0.05, 0) is 17.9 Å². The number of carboxylic acid groups (broad SMARTS) is 2. The lowest BCUT2D eigenvalue weighted by Gasteiger charge is -2.28. The van der Waals surface area contributed by atoms with E-state index in [1.54, 1.807) is 44.2 Å². The highest BCUT2D eigenvalue weighted by atomic mass is 35.5. The van der Waals surface area contributed by atoms with Crippen LogP contribution >= 0.6 is 11.6 Å². The van der Waals surface area contributed by atoms with Gasteiger partial charge in [0.25, 0.3) is 0 Å².